The van der Waals surface area contributed by atoms with Crippen LogP contribution in [-0.2, 0) is 16.4 Å². The number of rotatable bonds is 7. The van der Waals surface area contributed by atoms with E-state index in [1.165, 1.54) is 4.88 Å². The van der Waals surface area contributed by atoms with E-state index in [0.717, 1.165) is 6.42 Å². The molecule has 6 heteroatoms. The highest BCUT2D eigenvalue weighted by molar-refractivity contribution is 7.90. The fourth-order valence-electron chi connectivity index (χ4n) is 1.31. The number of nitrogens with one attached hydrogen (secondary N) is 2. The second-order valence-electron chi connectivity index (χ2n) is 3.64. The summed E-state index contributed by atoms with van der Waals surface area (Å²) in [6.45, 7) is 2.63. The van der Waals surface area contributed by atoms with Gasteiger partial charge in [0.05, 0.1) is 5.25 Å². The standard InChI is InChI=1S/C10H18N2O2S2/c1-9(8-11-2)16(13,14)12-6-5-10-4-3-7-15-10/h3-4,7,9,11-12H,5-6,8H2,1-2H3. The van der Waals surface area contributed by atoms with E-state index in [2.05, 4.69) is 10.0 Å². The summed E-state index contributed by atoms with van der Waals surface area (Å²) >= 11 is 1.64. The summed E-state index contributed by atoms with van der Waals surface area (Å²) in [6, 6.07) is 3.98. The average Bonchev–Trinajstić information content (AvgIpc) is 2.70. The Labute approximate surface area is 101 Å². The summed E-state index contributed by atoms with van der Waals surface area (Å²) in [5, 5.41) is 4.45. The van der Waals surface area contributed by atoms with Crippen LogP contribution in [0.5, 0.6) is 0 Å². The van der Waals surface area contributed by atoms with Crippen molar-refractivity contribution in [1.82, 2.24) is 10.0 Å². The van der Waals surface area contributed by atoms with Gasteiger partial charge in [0, 0.05) is 18.0 Å². The average molecular weight is 262 g/mol. The van der Waals surface area contributed by atoms with Crippen molar-refractivity contribution in [3.05, 3.63) is 22.4 Å². The molecule has 1 rings (SSSR count). The van der Waals surface area contributed by atoms with Crippen LogP contribution in [0.25, 0.3) is 0 Å². The molecular formula is C10H18N2O2S2. The van der Waals surface area contributed by atoms with Crippen molar-refractivity contribution in [3.63, 3.8) is 0 Å². The Kier molecular flexibility index (Phi) is 5.40. The van der Waals surface area contributed by atoms with Gasteiger partial charge in [-0.2, -0.15) is 0 Å². The van der Waals surface area contributed by atoms with Gasteiger partial charge < -0.3 is 5.32 Å². The second-order valence-corrected chi connectivity index (χ2v) is 6.85. The van der Waals surface area contributed by atoms with Crippen LogP contribution in [0.3, 0.4) is 0 Å². The van der Waals surface area contributed by atoms with Crippen molar-refractivity contribution >= 4 is 21.4 Å². The van der Waals surface area contributed by atoms with Crippen molar-refractivity contribution in [3.8, 4) is 0 Å². The maximum Gasteiger partial charge on any atom is 0.215 e. The Morgan fingerprint density at radius 1 is 1.50 bits per heavy atom. The lowest BCUT2D eigenvalue weighted by atomic mass is 10.3. The Morgan fingerprint density at radius 2 is 2.25 bits per heavy atom. The van der Waals surface area contributed by atoms with Gasteiger partial charge in [0.1, 0.15) is 0 Å². The van der Waals surface area contributed by atoms with Crippen LogP contribution in [0.15, 0.2) is 17.5 Å². The predicted octanol–water partition coefficient (Wildman–Crippen LogP) is 0.818. The van der Waals surface area contributed by atoms with Gasteiger partial charge in [-0.1, -0.05) is 6.07 Å². The smallest absolute Gasteiger partial charge is 0.215 e. The van der Waals surface area contributed by atoms with E-state index >= 15 is 0 Å². The van der Waals surface area contributed by atoms with Crippen molar-refractivity contribution in [1.29, 1.82) is 0 Å². The number of hydrogen-bond acceptors (Lipinski definition) is 4. The molecule has 1 aromatic heterocycles. The molecule has 0 aromatic carbocycles. The van der Waals surface area contributed by atoms with Crippen LogP contribution in [0.2, 0.25) is 0 Å². The van der Waals surface area contributed by atoms with Crippen LogP contribution in [0.1, 0.15) is 11.8 Å². The predicted molar refractivity (Wildman–Crippen MR) is 68.3 cm³/mol. The maximum atomic E-state index is 11.7. The van der Waals surface area contributed by atoms with Gasteiger partial charge in [0.2, 0.25) is 10.0 Å². The van der Waals surface area contributed by atoms with Gasteiger partial charge >= 0.3 is 0 Å². The largest absolute Gasteiger partial charge is 0.318 e. The third-order valence-electron chi connectivity index (χ3n) is 2.28. The van der Waals surface area contributed by atoms with Crippen LogP contribution in [0.4, 0.5) is 0 Å². The molecule has 0 amide bonds. The number of hydrogen-bond donors (Lipinski definition) is 2. The summed E-state index contributed by atoms with van der Waals surface area (Å²) in [6.07, 6.45) is 0.753. The van der Waals surface area contributed by atoms with Crippen molar-refractivity contribution in [2.75, 3.05) is 20.1 Å². The van der Waals surface area contributed by atoms with E-state index in [1.807, 2.05) is 17.5 Å². The Morgan fingerprint density at radius 3 is 2.81 bits per heavy atom. The molecule has 92 valence electrons. The first-order valence-electron chi connectivity index (χ1n) is 5.21. The SMILES string of the molecule is CNCC(C)S(=O)(=O)NCCc1cccs1. The second kappa shape index (κ2) is 6.34. The Bertz CT molecular complexity index is 387. The molecule has 2 N–H and O–H groups in total. The summed E-state index contributed by atoms with van der Waals surface area (Å²) in [5.41, 5.74) is 0. The van der Waals surface area contributed by atoms with Gasteiger partial charge in [-0.25, -0.2) is 13.1 Å². The first-order valence-corrected chi connectivity index (χ1v) is 7.64. The van der Waals surface area contributed by atoms with Gasteiger partial charge in [-0.15, -0.1) is 11.3 Å². The minimum absolute atomic E-state index is 0.402. The van der Waals surface area contributed by atoms with Gasteiger partial charge in [0.15, 0.2) is 0 Å². The first kappa shape index (κ1) is 13.6. The topological polar surface area (TPSA) is 58.2 Å². The molecule has 1 aromatic rings. The van der Waals surface area contributed by atoms with E-state index in [0.29, 0.717) is 13.1 Å². The lowest BCUT2D eigenvalue weighted by Crippen LogP contribution is -2.38. The fourth-order valence-corrected chi connectivity index (χ4v) is 3.08. The zero-order valence-corrected chi connectivity index (χ0v) is 11.2. The van der Waals surface area contributed by atoms with Crippen LogP contribution in [-0.4, -0.2) is 33.8 Å². The molecule has 1 atom stereocenters. The number of sulfonamides is 1. The third kappa shape index (κ3) is 4.21. The number of thiophene rings is 1. The quantitative estimate of drug-likeness (QED) is 0.765. The highest BCUT2D eigenvalue weighted by Gasteiger charge is 2.18. The first-order chi connectivity index (χ1) is 7.56. The van der Waals surface area contributed by atoms with Crippen LogP contribution in [0, 0.1) is 0 Å². The summed E-state index contributed by atoms with van der Waals surface area (Å²) < 4.78 is 26.0. The molecule has 0 saturated heterocycles. The van der Waals surface area contributed by atoms with E-state index in [1.54, 1.807) is 25.3 Å². The van der Waals surface area contributed by atoms with Crippen LogP contribution >= 0.6 is 11.3 Å². The van der Waals surface area contributed by atoms with Gasteiger partial charge in [-0.3, -0.25) is 0 Å². The van der Waals surface area contributed by atoms with E-state index in [4.69, 9.17) is 0 Å². The minimum Gasteiger partial charge on any atom is -0.318 e. The minimum atomic E-state index is -3.18. The van der Waals surface area contributed by atoms with Gasteiger partial charge in [0.25, 0.3) is 0 Å². The van der Waals surface area contributed by atoms with E-state index in [9.17, 15) is 8.42 Å². The summed E-state index contributed by atoms with van der Waals surface area (Å²) in [7, 11) is -1.44. The molecule has 0 bridgehead atoms. The highest BCUT2D eigenvalue weighted by atomic mass is 32.2. The van der Waals surface area contributed by atoms with E-state index < -0.39 is 15.3 Å². The molecule has 1 heterocycles. The lowest BCUT2D eigenvalue weighted by molar-refractivity contribution is 0.564. The van der Waals surface area contributed by atoms with Gasteiger partial charge in [-0.05, 0) is 31.8 Å². The van der Waals surface area contributed by atoms with Crippen LogP contribution < -0.4 is 10.0 Å². The van der Waals surface area contributed by atoms with Crippen molar-refractivity contribution in [2.45, 2.75) is 18.6 Å². The molecule has 0 saturated carbocycles. The zero-order valence-electron chi connectivity index (χ0n) is 9.56. The third-order valence-corrected chi connectivity index (χ3v) is 5.04. The maximum absolute atomic E-state index is 11.7. The fraction of sp³-hybridized carbons (Fsp3) is 0.600. The zero-order chi connectivity index (χ0) is 12.0. The molecule has 0 aliphatic rings. The lowest BCUT2D eigenvalue weighted by Gasteiger charge is -2.12. The highest BCUT2D eigenvalue weighted by Crippen LogP contribution is 2.08. The summed E-state index contributed by atoms with van der Waals surface area (Å²) in [4.78, 5) is 1.20. The molecule has 0 aliphatic heterocycles. The molecule has 16 heavy (non-hydrogen) atoms. The molecule has 0 fully saturated rings. The Hall–Kier alpha value is -0.430. The molecule has 0 aliphatic carbocycles. The molecule has 0 radical (unpaired) electrons. The summed E-state index contributed by atoms with van der Waals surface area (Å²) in [5.74, 6) is 0. The van der Waals surface area contributed by atoms with E-state index in [-0.39, 0.29) is 0 Å². The molecule has 1 unspecified atom stereocenters. The molecule has 0 spiro atoms. The monoisotopic (exact) mass is 262 g/mol. The molecular weight excluding hydrogens is 244 g/mol. The normalized spacial score (nSPS) is 13.9. The van der Waals surface area contributed by atoms with Crippen molar-refractivity contribution in [2.24, 2.45) is 0 Å². The Balaban J connectivity index is 2.36. The van der Waals surface area contributed by atoms with Crippen molar-refractivity contribution < 1.29 is 8.42 Å². The molecule has 4 nitrogen and oxygen atoms in total.